The molecule has 0 saturated heterocycles. The Morgan fingerprint density at radius 1 is 1.18 bits per heavy atom. The average molecular weight is 323 g/mol. The summed E-state index contributed by atoms with van der Waals surface area (Å²) >= 11 is 0. The number of sulfonamides is 1. The number of benzene rings is 1. The molecule has 1 aromatic carbocycles. The van der Waals surface area contributed by atoms with Crippen LogP contribution in [-0.4, -0.2) is 26.5 Å². The summed E-state index contributed by atoms with van der Waals surface area (Å²) < 4.78 is 39.6. The van der Waals surface area contributed by atoms with Crippen LogP contribution in [0, 0.1) is 5.82 Å². The number of halogens is 1. The Morgan fingerprint density at radius 2 is 1.91 bits per heavy atom. The van der Waals surface area contributed by atoms with Crippen LogP contribution in [-0.2, 0) is 10.0 Å². The van der Waals surface area contributed by atoms with E-state index in [1.165, 1.54) is 18.2 Å². The van der Waals surface area contributed by atoms with Crippen molar-refractivity contribution in [3.05, 3.63) is 60.2 Å². The van der Waals surface area contributed by atoms with Gasteiger partial charge in [0.05, 0.1) is 11.1 Å². The SMILES string of the molecule is C[C@@H](NCCNS(=O)(=O)c1ccccc1)c1cncc(F)c1. The molecule has 118 valence electrons. The Labute approximate surface area is 129 Å². The molecule has 0 saturated carbocycles. The van der Waals surface area contributed by atoms with Gasteiger partial charge in [0.25, 0.3) is 0 Å². The van der Waals surface area contributed by atoms with Gasteiger partial charge in [-0.3, -0.25) is 4.98 Å². The Hall–Kier alpha value is -1.83. The fraction of sp³-hybridized carbons (Fsp3) is 0.267. The minimum atomic E-state index is -3.49. The molecule has 1 heterocycles. The minimum Gasteiger partial charge on any atom is -0.309 e. The molecule has 5 nitrogen and oxygen atoms in total. The highest BCUT2D eigenvalue weighted by Gasteiger charge is 2.12. The third kappa shape index (κ3) is 4.59. The van der Waals surface area contributed by atoms with Crippen molar-refractivity contribution in [2.75, 3.05) is 13.1 Å². The molecular formula is C15H18FN3O2S. The molecule has 0 unspecified atom stereocenters. The number of rotatable bonds is 7. The molecule has 0 fully saturated rings. The Bertz CT molecular complexity index is 708. The van der Waals surface area contributed by atoms with Crippen molar-refractivity contribution in [2.24, 2.45) is 0 Å². The third-order valence-electron chi connectivity index (χ3n) is 3.15. The summed E-state index contributed by atoms with van der Waals surface area (Å²) in [6.07, 6.45) is 2.72. The quantitative estimate of drug-likeness (QED) is 0.763. The first-order chi connectivity index (χ1) is 10.5. The van der Waals surface area contributed by atoms with Gasteiger partial charge in [-0.15, -0.1) is 0 Å². The molecule has 22 heavy (non-hydrogen) atoms. The molecule has 1 aromatic heterocycles. The fourth-order valence-corrected chi connectivity index (χ4v) is 2.99. The van der Waals surface area contributed by atoms with Gasteiger partial charge in [0.1, 0.15) is 5.82 Å². The predicted molar refractivity (Wildman–Crippen MR) is 82.2 cm³/mol. The molecule has 7 heteroatoms. The lowest BCUT2D eigenvalue weighted by atomic mass is 10.1. The van der Waals surface area contributed by atoms with Gasteiger partial charge in [0.2, 0.25) is 10.0 Å². The first-order valence-electron chi connectivity index (χ1n) is 6.87. The standard InChI is InChI=1S/C15H18FN3O2S/c1-12(13-9-14(16)11-17-10-13)18-7-8-19-22(20,21)15-5-3-2-4-6-15/h2-6,9-12,18-19H,7-8H2,1H3/t12-/m1/s1. The summed E-state index contributed by atoms with van der Waals surface area (Å²) in [6, 6.07) is 9.46. The third-order valence-corrected chi connectivity index (χ3v) is 4.62. The lowest BCUT2D eigenvalue weighted by Gasteiger charge is -2.14. The zero-order chi connectivity index (χ0) is 16.0. The van der Waals surface area contributed by atoms with Gasteiger partial charge in [-0.25, -0.2) is 17.5 Å². The van der Waals surface area contributed by atoms with Crippen molar-refractivity contribution in [1.82, 2.24) is 15.0 Å². The zero-order valence-electron chi connectivity index (χ0n) is 12.2. The monoisotopic (exact) mass is 323 g/mol. The summed E-state index contributed by atoms with van der Waals surface area (Å²) in [5.41, 5.74) is 0.714. The number of nitrogens with one attached hydrogen (secondary N) is 2. The molecule has 1 atom stereocenters. The molecule has 0 aliphatic carbocycles. The maximum atomic E-state index is 13.1. The lowest BCUT2D eigenvalue weighted by molar-refractivity contribution is 0.548. The second kappa shape index (κ2) is 7.44. The van der Waals surface area contributed by atoms with Gasteiger partial charge < -0.3 is 5.32 Å². The van der Waals surface area contributed by atoms with Gasteiger partial charge in [-0.1, -0.05) is 18.2 Å². The average Bonchev–Trinajstić information content (AvgIpc) is 2.52. The van der Waals surface area contributed by atoms with Crippen molar-refractivity contribution in [3.63, 3.8) is 0 Å². The Kier molecular flexibility index (Phi) is 5.59. The van der Waals surface area contributed by atoms with Crippen LogP contribution in [0.15, 0.2) is 53.7 Å². The van der Waals surface area contributed by atoms with Crippen LogP contribution < -0.4 is 10.0 Å². The van der Waals surface area contributed by atoms with Crippen molar-refractivity contribution in [3.8, 4) is 0 Å². The normalized spacial score (nSPS) is 13.0. The van der Waals surface area contributed by atoms with E-state index < -0.39 is 15.8 Å². The van der Waals surface area contributed by atoms with Gasteiger partial charge >= 0.3 is 0 Å². The van der Waals surface area contributed by atoms with Crippen molar-refractivity contribution in [1.29, 1.82) is 0 Å². The first-order valence-corrected chi connectivity index (χ1v) is 8.36. The van der Waals surface area contributed by atoms with Crippen molar-refractivity contribution in [2.45, 2.75) is 17.9 Å². The fourth-order valence-electron chi connectivity index (χ4n) is 1.94. The van der Waals surface area contributed by atoms with E-state index in [-0.39, 0.29) is 17.5 Å². The molecule has 0 radical (unpaired) electrons. The molecular weight excluding hydrogens is 305 g/mol. The van der Waals surface area contributed by atoms with Crippen LogP contribution in [0.4, 0.5) is 4.39 Å². The molecule has 0 bridgehead atoms. The topological polar surface area (TPSA) is 71.1 Å². The second-order valence-electron chi connectivity index (χ2n) is 4.82. The largest absolute Gasteiger partial charge is 0.309 e. The van der Waals surface area contributed by atoms with E-state index in [0.717, 1.165) is 6.20 Å². The Morgan fingerprint density at radius 3 is 2.59 bits per heavy atom. The first kappa shape index (κ1) is 16.5. The minimum absolute atomic E-state index is 0.121. The Balaban J connectivity index is 1.82. The summed E-state index contributed by atoms with van der Waals surface area (Å²) in [7, 11) is -3.49. The van der Waals surface area contributed by atoms with Crippen LogP contribution >= 0.6 is 0 Å². The number of pyridine rings is 1. The highest BCUT2D eigenvalue weighted by Crippen LogP contribution is 2.11. The van der Waals surface area contributed by atoms with E-state index in [0.29, 0.717) is 12.1 Å². The van der Waals surface area contributed by atoms with E-state index in [9.17, 15) is 12.8 Å². The highest BCUT2D eigenvalue weighted by atomic mass is 32.2. The molecule has 0 spiro atoms. The van der Waals surface area contributed by atoms with E-state index in [1.54, 1.807) is 24.4 Å². The van der Waals surface area contributed by atoms with Gasteiger partial charge in [-0.05, 0) is 30.7 Å². The van der Waals surface area contributed by atoms with E-state index in [2.05, 4.69) is 15.0 Å². The number of hydrogen-bond donors (Lipinski definition) is 2. The van der Waals surface area contributed by atoms with Gasteiger partial charge in [0, 0.05) is 25.3 Å². The van der Waals surface area contributed by atoms with E-state index in [1.807, 2.05) is 6.92 Å². The predicted octanol–water partition coefficient (Wildman–Crippen LogP) is 1.85. The van der Waals surface area contributed by atoms with Crippen LogP contribution in [0.2, 0.25) is 0 Å². The number of nitrogens with zero attached hydrogens (tertiary/aromatic N) is 1. The van der Waals surface area contributed by atoms with Crippen LogP contribution in [0.25, 0.3) is 0 Å². The summed E-state index contributed by atoms with van der Waals surface area (Å²) in [4.78, 5) is 4.02. The van der Waals surface area contributed by atoms with Crippen LogP contribution in [0.3, 0.4) is 0 Å². The molecule has 0 aliphatic heterocycles. The van der Waals surface area contributed by atoms with Crippen LogP contribution in [0.5, 0.6) is 0 Å². The summed E-state index contributed by atoms with van der Waals surface area (Å²) in [5.74, 6) is -0.393. The highest BCUT2D eigenvalue weighted by molar-refractivity contribution is 7.89. The van der Waals surface area contributed by atoms with Crippen molar-refractivity contribution < 1.29 is 12.8 Å². The summed E-state index contributed by atoms with van der Waals surface area (Å²) in [5, 5.41) is 3.12. The maximum absolute atomic E-state index is 13.1. The second-order valence-corrected chi connectivity index (χ2v) is 6.59. The molecule has 0 amide bonds. The van der Waals surface area contributed by atoms with Gasteiger partial charge in [-0.2, -0.15) is 0 Å². The maximum Gasteiger partial charge on any atom is 0.240 e. The summed E-state index contributed by atoms with van der Waals surface area (Å²) in [6.45, 7) is 2.52. The lowest BCUT2D eigenvalue weighted by Crippen LogP contribution is -2.33. The molecule has 0 aliphatic rings. The van der Waals surface area contributed by atoms with E-state index >= 15 is 0 Å². The smallest absolute Gasteiger partial charge is 0.240 e. The molecule has 2 aromatic rings. The number of aromatic nitrogens is 1. The number of hydrogen-bond acceptors (Lipinski definition) is 4. The zero-order valence-corrected chi connectivity index (χ0v) is 13.0. The molecule has 2 N–H and O–H groups in total. The van der Waals surface area contributed by atoms with Crippen molar-refractivity contribution >= 4 is 10.0 Å². The van der Waals surface area contributed by atoms with Gasteiger partial charge in [0.15, 0.2) is 0 Å². The molecule has 2 rings (SSSR count). The van der Waals surface area contributed by atoms with E-state index in [4.69, 9.17) is 0 Å². The van der Waals surface area contributed by atoms with Crippen LogP contribution in [0.1, 0.15) is 18.5 Å².